The predicted molar refractivity (Wildman–Crippen MR) is 42.3 cm³/mol. The van der Waals surface area contributed by atoms with E-state index in [1.165, 1.54) is 0 Å². The summed E-state index contributed by atoms with van der Waals surface area (Å²) in [5.41, 5.74) is 8.27. The van der Waals surface area contributed by atoms with E-state index < -0.39 is 8.07 Å². The molecule has 0 bridgehead atoms. The number of rotatable bonds is 3. The van der Waals surface area contributed by atoms with Crippen molar-refractivity contribution in [3.63, 3.8) is 0 Å². The summed E-state index contributed by atoms with van der Waals surface area (Å²) >= 11 is 0. The van der Waals surface area contributed by atoms with Crippen molar-refractivity contribution in [2.75, 3.05) is 0 Å². The van der Waals surface area contributed by atoms with Crippen molar-refractivity contribution in [2.24, 2.45) is 0 Å². The highest BCUT2D eigenvalue weighted by Gasteiger charge is 2.25. The van der Waals surface area contributed by atoms with E-state index in [9.17, 15) is 0 Å². The van der Waals surface area contributed by atoms with Gasteiger partial charge in [0.15, 0.2) is 8.07 Å². The average Bonchev–Trinajstić information content (AvgIpc) is 1.89. The summed E-state index contributed by atoms with van der Waals surface area (Å²) in [6.45, 7) is 6.52. The topological polar surface area (TPSA) is 36.4 Å². The Morgan fingerprint density at radius 2 is 1.89 bits per heavy atom. The highest BCUT2D eigenvalue weighted by atomic mass is 28.3. The molecular formula is C6H14N2Si. The van der Waals surface area contributed by atoms with Crippen LogP contribution in [0, 0.1) is 0 Å². The molecule has 0 aromatic carbocycles. The minimum atomic E-state index is -1.24. The van der Waals surface area contributed by atoms with Crippen LogP contribution in [0.3, 0.4) is 0 Å². The van der Waals surface area contributed by atoms with Crippen LogP contribution in [0.4, 0.5) is 0 Å². The standard InChI is InChI=1S/C6H14N2Si/c1-4-9(3,5-2)6-8-7/h6H,4-5H2,1-3H3. The molecule has 0 rings (SSSR count). The molecule has 0 aliphatic rings. The van der Waals surface area contributed by atoms with Crippen molar-refractivity contribution in [1.29, 1.82) is 0 Å². The first kappa shape index (κ1) is 8.60. The smallest absolute Gasteiger partial charge is 0.226 e. The summed E-state index contributed by atoms with van der Waals surface area (Å²) in [7, 11) is -1.24. The SMILES string of the molecule is CC[Si](C)(C=[N+]=[N-])CC. The molecule has 0 aliphatic carbocycles. The number of nitrogens with zero attached hydrogens (tertiary/aromatic N) is 2. The Labute approximate surface area is 57.5 Å². The van der Waals surface area contributed by atoms with Gasteiger partial charge in [-0.05, 0) is 0 Å². The molecule has 0 N–H and O–H groups in total. The first-order valence-electron chi connectivity index (χ1n) is 3.37. The maximum atomic E-state index is 8.27. The van der Waals surface area contributed by atoms with Gasteiger partial charge in [-0.25, -0.2) is 0 Å². The maximum Gasteiger partial charge on any atom is 0.226 e. The Hall–Kier alpha value is -0.403. The van der Waals surface area contributed by atoms with E-state index in [1.807, 2.05) is 0 Å². The Kier molecular flexibility index (Phi) is 3.43. The molecule has 0 spiro atoms. The van der Waals surface area contributed by atoms with Gasteiger partial charge in [-0.2, -0.15) is 4.79 Å². The normalized spacial score (nSPS) is 10.6. The fourth-order valence-corrected chi connectivity index (χ4v) is 1.72. The minimum absolute atomic E-state index is 1.16. The van der Waals surface area contributed by atoms with Crippen LogP contribution in [0.1, 0.15) is 13.8 Å². The Morgan fingerprint density at radius 3 is 2.00 bits per heavy atom. The summed E-state index contributed by atoms with van der Waals surface area (Å²) in [5, 5.41) is 0. The summed E-state index contributed by atoms with van der Waals surface area (Å²) in [5.74, 6) is 1.74. The van der Waals surface area contributed by atoms with Crippen molar-refractivity contribution in [1.82, 2.24) is 0 Å². The molecule has 9 heavy (non-hydrogen) atoms. The lowest BCUT2D eigenvalue weighted by Gasteiger charge is -2.10. The molecule has 0 saturated carbocycles. The zero-order valence-electron chi connectivity index (χ0n) is 6.39. The van der Waals surface area contributed by atoms with E-state index in [1.54, 1.807) is 5.84 Å². The second-order valence-corrected chi connectivity index (χ2v) is 7.59. The van der Waals surface area contributed by atoms with Crippen LogP contribution in [0.15, 0.2) is 0 Å². The average molecular weight is 142 g/mol. The number of hydrogen-bond donors (Lipinski definition) is 0. The lowest BCUT2D eigenvalue weighted by atomic mass is 10.9. The van der Waals surface area contributed by atoms with Crippen molar-refractivity contribution >= 4 is 13.9 Å². The van der Waals surface area contributed by atoms with Crippen LogP contribution in [0.5, 0.6) is 0 Å². The largest absolute Gasteiger partial charge is 0.363 e. The van der Waals surface area contributed by atoms with Gasteiger partial charge in [-0.15, -0.1) is 0 Å². The van der Waals surface area contributed by atoms with Gasteiger partial charge < -0.3 is 5.53 Å². The Bertz CT molecular complexity index is 123. The van der Waals surface area contributed by atoms with Crippen LogP contribution in [0.2, 0.25) is 18.6 Å². The third-order valence-corrected chi connectivity index (χ3v) is 5.95. The molecule has 2 nitrogen and oxygen atoms in total. The third kappa shape index (κ3) is 2.58. The van der Waals surface area contributed by atoms with E-state index in [0.29, 0.717) is 0 Å². The van der Waals surface area contributed by atoms with Crippen molar-refractivity contribution < 1.29 is 4.79 Å². The van der Waals surface area contributed by atoms with Crippen molar-refractivity contribution in [2.45, 2.75) is 32.5 Å². The van der Waals surface area contributed by atoms with Crippen molar-refractivity contribution in [3.05, 3.63) is 5.53 Å². The molecule has 0 aromatic rings. The van der Waals surface area contributed by atoms with Crippen LogP contribution >= 0.6 is 0 Å². The summed E-state index contributed by atoms with van der Waals surface area (Å²) in [6.07, 6.45) is 0. The molecular weight excluding hydrogens is 128 g/mol. The highest BCUT2D eigenvalue weighted by Crippen LogP contribution is 2.09. The fraction of sp³-hybridized carbons (Fsp3) is 0.833. The van der Waals surface area contributed by atoms with E-state index in [4.69, 9.17) is 5.53 Å². The summed E-state index contributed by atoms with van der Waals surface area (Å²) in [4.78, 5) is 3.09. The van der Waals surface area contributed by atoms with Crippen LogP contribution in [-0.2, 0) is 0 Å². The van der Waals surface area contributed by atoms with E-state index in [2.05, 4.69) is 25.2 Å². The van der Waals surface area contributed by atoms with Gasteiger partial charge in [-0.1, -0.05) is 32.5 Å². The number of hydrogen-bond acceptors (Lipinski definition) is 0. The van der Waals surface area contributed by atoms with Gasteiger partial charge in [0.1, 0.15) is 0 Å². The van der Waals surface area contributed by atoms with Gasteiger partial charge in [0.05, 0.1) is 0 Å². The molecule has 0 atom stereocenters. The molecule has 0 aliphatic heterocycles. The molecule has 0 saturated heterocycles. The minimum Gasteiger partial charge on any atom is -0.363 e. The van der Waals surface area contributed by atoms with Crippen LogP contribution < -0.4 is 0 Å². The van der Waals surface area contributed by atoms with Crippen molar-refractivity contribution in [3.8, 4) is 0 Å². The van der Waals surface area contributed by atoms with Gasteiger partial charge in [0.25, 0.3) is 0 Å². The van der Waals surface area contributed by atoms with E-state index in [-0.39, 0.29) is 0 Å². The first-order chi connectivity index (χ1) is 4.18. The van der Waals surface area contributed by atoms with Crippen LogP contribution in [0.25, 0.3) is 5.53 Å². The third-order valence-electron chi connectivity index (χ3n) is 1.98. The molecule has 0 heterocycles. The zero-order valence-corrected chi connectivity index (χ0v) is 7.39. The molecule has 0 radical (unpaired) electrons. The fourth-order valence-electron chi connectivity index (χ4n) is 0.572. The van der Waals surface area contributed by atoms with Gasteiger partial charge in [0, 0.05) is 0 Å². The van der Waals surface area contributed by atoms with E-state index in [0.717, 1.165) is 12.1 Å². The Morgan fingerprint density at radius 1 is 1.44 bits per heavy atom. The van der Waals surface area contributed by atoms with E-state index >= 15 is 0 Å². The first-order valence-corrected chi connectivity index (χ1v) is 6.36. The van der Waals surface area contributed by atoms with Gasteiger partial charge in [0.2, 0.25) is 5.84 Å². The molecule has 52 valence electrons. The predicted octanol–water partition coefficient (Wildman–Crippen LogP) is 1.94. The molecule has 0 fully saturated rings. The second kappa shape index (κ2) is 3.59. The lowest BCUT2D eigenvalue weighted by molar-refractivity contribution is 0.00668. The molecule has 3 heteroatoms. The zero-order chi connectivity index (χ0) is 7.33. The Balaban J connectivity index is 4.08. The summed E-state index contributed by atoms with van der Waals surface area (Å²) < 4.78 is 0. The molecule has 0 amide bonds. The summed E-state index contributed by atoms with van der Waals surface area (Å²) in [6, 6.07) is 2.32. The van der Waals surface area contributed by atoms with Gasteiger partial charge >= 0.3 is 0 Å². The monoisotopic (exact) mass is 142 g/mol. The second-order valence-electron chi connectivity index (χ2n) is 2.61. The lowest BCUT2D eigenvalue weighted by Crippen LogP contribution is -2.30. The van der Waals surface area contributed by atoms with Gasteiger partial charge in [-0.3, -0.25) is 0 Å². The molecule has 0 unspecified atom stereocenters. The molecule has 0 aromatic heterocycles. The van der Waals surface area contributed by atoms with Crippen LogP contribution in [-0.4, -0.2) is 18.7 Å². The highest BCUT2D eigenvalue weighted by molar-refractivity contribution is 7.00. The maximum absolute atomic E-state index is 8.27. The quantitative estimate of drug-likeness (QED) is 0.250.